The SMILES string of the molecule is Cc1[nH]ncc1C(=O)Nc1cccc2cnccc12. The summed E-state index contributed by atoms with van der Waals surface area (Å²) in [7, 11) is 0. The number of anilines is 1. The van der Waals surface area contributed by atoms with Crippen LogP contribution < -0.4 is 5.32 Å². The van der Waals surface area contributed by atoms with E-state index in [4.69, 9.17) is 0 Å². The zero-order valence-corrected chi connectivity index (χ0v) is 10.3. The third-order valence-corrected chi connectivity index (χ3v) is 3.00. The molecular weight excluding hydrogens is 240 g/mol. The van der Waals surface area contributed by atoms with Crippen molar-refractivity contribution in [2.24, 2.45) is 0 Å². The third-order valence-electron chi connectivity index (χ3n) is 3.00. The molecule has 0 atom stereocenters. The first-order chi connectivity index (χ1) is 9.25. The number of pyridine rings is 1. The highest BCUT2D eigenvalue weighted by Gasteiger charge is 2.12. The fourth-order valence-electron chi connectivity index (χ4n) is 2.00. The van der Waals surface area contributed by atoms with Crippen LogP contribution in [0.1, 0.15) is 16.1 Å². The van der Waals surface area contributed by atoms with Crippen molar-refractivity contribution < 1.29 is 4.79 Å². The molecule has 0 spiro atoms. The van der Waals surface area contributed by atoms with Crippen LogP contribution in [-0.4, -0.2) is 21.1 Å². The highest BCUT2D eigenvalue weighted by molar-refractivity contribution is 6.09. The van der Waals surface area contributed by atoms with Gasteiger partial charge in [0.1, 0.15) is 0 Å². The van der Waals surface area contributed by atoms with Gasteiger partial charge in [0.2, 0.25) is 0 Å². The van der Waals surface area contributed by atoms with Gasteiger partial charge in [0.25, 0.3) is 5.91 Å². The fraction of sp³-hybridized carbons (Fsp3) is 0.0714. The number of aromatic amines is 1. The molecule has 1 aromatic carbocycles. The maximum Gasteiger partial charge on any atom is 0.259 e. The normalized spacial score (nSPS) is 10.6. The van der Waals surface area contributed by atoms with Gasteiger partial charge in [-0.2, -0.15) is 5.10 Å². The van der Waals surface area contributed by atoms with Gasteiger partial charge in [-0.25, -0.2) is 0 Å². The number of benzene rings is 1. The summed E-state index contributed by atoms with van der Waals surface area (Å²) in [5.74, 6) is -0.171. The smallest absolute Gasteiger partial charge is 0.259 e. The van der Waals surface area contributed by atoms with Crippen LogP contribution >= 0.6 is 0 Å². The molecule has 0 aliphatic rings. The minimum atomic E-state index is -0.171. The molecule has 0 saturated carbocycles. The molecule has 0 fully saturated rings. The van der Waals surface area contributed by atoms with Gasteiger partial charge in [0.15, 0.2) is 0 Å². The first-order valence-corrected chi connectivity index (χ1v) is 5.90. The average Bonchev–Trinajstić information content (AvgIpc) is 2.85. The van der Waals surface area contributed by atoms with Gasteiger partial charge >= 0.3 is 0 Å². The number of carbonyl (C=O) groups excluding carboxylic acids is 1. The highest BCUT2D eigenvalue weighted by atomic mass is 16.1. The van der Waals surface area contributed by atoms with E-state index < -0.39 is 0 Å². The topological polar surface area (TPSA) is 70.7 Å². The fourth-order valence-corrected chi connectivity index (χ4v) is 2.00. The molecule has 0 aliphatic carbocycles. The number of aryl methyl sites for hydroxylation is 1. The molecule has 19 heavy (non-hydrogen) atoms. The molecule has 0 saturated heterocycles. The van der Waals surface area contributed by atoms with Gasteiger partial charge in [-0.1, -0.05) is 12.1 Å². The molecule has 1 amide bonds. The van der Waals surface area contributed by atoms with E-state index in [0.717, 1.165) is 22.2 Å². The lowest BCUT2D eigenvalue weighted by molar-refractivity contribution is 0.102. The Morgan fingerprint density at radius 2 is 2.16 bits per heavy atom. The number of nitrogens with one attached hydrogen (secondary N) is 2. The first-order valence-electron chi connectivity index (χ1n) is 5.90. The van der Waals surface area contributed by atoms with Crippen molar-refractivity contribution >= 4 is 22.4 Å². The largest absolute Gasteiger partial charge is 0.321 e. The molecule has 0 aliphatic heterocycles. The minimum absolute atomic E-state index is 0.171. The molecule has 0 bridgehead atoms. The van der Waals surface area contributed by atoms with Crippen LogP contribution in [0.4, 0.5) is 5.69 Å². The summed E-state index contributed by atoms with van der Waals surface area (Å²) >= 11 is 0. The number of hydrogen-bond acceptors (Lipinski definition) is 3. The highest BCUT2D eigenvalue weighted by Crippen LogP contribution is 2.22. The Kier molecular flexibility index (Phi) is 2.72. The summed E-state index contributed by atoms with van der Waals surface area (Å²) in [6.07, 6.45) is 5.01. The van der Waals surface area contributed by atoms with E-state index in [-0.39, 0.29) is 5.91 Å². The summed E-state index contributed by atoms with van der Waals surface area (Å²) < 4.78 is 0. The molecule has 5 nitrogen and oxygen atoms in total. The lowest BCUT2D eigenvalue weighted by Gasteiger charge is -2.07. The molecule has 0 unspecified atom stereocenters. The maximum atomic E-state index is 12.2. The Balaban J connectivity index is 1.98. The Labute approximate surface area is 109 Å². The van der Waals surface area contributed by atoms with Crippen LogP contribution in [0.3, 0.4) is 0 Å². The van der Waals surface area contributed by atoms with Crippen LogP contribution in [0.25, 0.3) is 10.8 Å². The number of fused-ring (bicyclic) bond motifs is 1. The quantitative estimate of drug-likeness (QED) is 0.736. The zero-order chi connectivity index (χ0) is 13.2. The number of H-pyrrole nitrogens is 1. The number of amides is 1. The lowest BCUT2D eigenvalue weighted by atomic mass is 10.1. The van der Waals surface area contributed by atoms with Gasteiger partial charge in [0, 0.05) is 34.5 Å². The van der Waals surface area contributed by atoms with Gasteiger partial charge in [0.05, 0.1) is 11.8 Å². The van der Waals surface area contributed by atoms with Crippen molar-refractivity contribution in [3.8, 4) is 0 Å². The summed E-state index contributed by atoms with van der Waals surface area (Å²) in [6.45, 7) is 1.81. The monoisotopic (exact) mass is 252 g/mol. The van der Waals surface area contributed by atoms with Gasteiger partial charge in [-0.3, -0.25) is 14.9 Å². The molecule has 0 radical (unpaired) electrons. The van der Waals surface area contributed by atoms with Crippen molar-refractivity contribution in [1.82, 2.24) is 15.2 Å². The minimum Gasteiger partial charge on any atom is -0.321 e. The van der Waals surface area contributed by atoms with Crippen LogP contribution in [0, 0.1) is 6.92 Å². The molecule has 2 heterocycles. The number of rotatable bonds is 2. The lowest BCUT2D eigenvalue weighted by Crippen LogP contribution is -2.12. The van der Waals surface area contributed by atoms with Crippen molar-refractivity contribution in [2.75, 3.05) is 5.32 Å². The Hall–Kier alpha value is -2.69. The first kappa shape index (κ1) is 11.4. The second-order valence-electron chi connectivity index (χ2n) is 4.27. The Morgan fingerprint density at radius 1 is 1.26 bits per heavy atom. The Morgan fingerprint density at radius 3 is 2.95 bits per heavy atom. The second-order valence-corrected chi connectivity index (χ2v) is 4.27. The van der Waals surface area contributed by atoms with Gasteiger partial charge in [-0.15, -0.1) is 0 Å². The van der Waals surface area contributed by atoms with E-state index in [1.165, 1.54) is 6.20 Å². The van der Waals surface area contributed by atoms with E-state index >= 15 is 0 Å². The van der Waals surface area contributed by atoms with E-state index in [2.05, 4.69) is 20.5 Å². The van der Waals surface area contributed by atoms with E-state index in [0.29, 0.717) is 5.56 Å². The van der Waals surface area contributed by atoms with Crippen LogP contribution in [0.2, 0.25) is 0 Å². The molecule has 3 aromatic rings. The van der Waals surface area contributed by atoms with Crippen molar-refractivity contribution in [2.45, 2.75) is 6.92 Å². The predicted molar refractivity (Wildman–Crippen MR) is 73.0 cm³/mol. The number of carbonyl (C=O) groups is 1. The molecule has 3 rings (SSSR count). The van der Waals surface area contributed by atoms with E-state index in [9.17, 15) is 4.79 Å². The summed E-state index contributed by atoms with van der Waals surface area (Å²) in [5, 5.41) is 11.5. The van der Waals surface area contributed by atoms with Crippen LogP contribution in [0.5, 0.6) is 0 Å². The third kappa shape index (κ3) is 2.06. The number of hydrogen-bond donors (Lipinski definition) is 2. The molecule has 2 aromatic heterocycles. The predicted octanol–water partition coefficient (Wildman–Crippen LogP) is 2.52. The van der Waals surface area contributed by atoms with Gasteiger partial charge < -0.3 is 5.32 Å². The molecule has 2 N–H and O–H groups in total. The second kappa shape index (κ2) is 4.53. The molecular formula is C14H12N4O. The summed E-state index contributed by atoms with van der Waals surface area (Å²) in [4.78, 5) is 16.2. The van der Waals surface area contributed by atoms with Crippen molar-refractivity contribution in [1.29, 1.82) is 0 Å². The van der Waals surface area contributed by atoms with E-state index in [1.54, 1.807) is 12.4 Å². The summed E-state index contributed by atoms with van der Waals surface area (Å²) in [5.41, 5.74) is 2.07. The standard InChI is InChI=1S/C14H12N4O/c1-9-12(8-16-18-9)14(19)17-13-4-2-3-10-7-15-6-5-11(10)13/h2-8H,1H3,(H,16,18)(H,17,19). The maximum absolute atomic E-state index is 12.2. The summed E-state index contributed by atoms with van der Waals surface area (Å²) in [6, 6.07) is 7.60. The van der Waals surface area contributed by atoms with Crippen LogP contribution in [-0.2, 0) is 0 Å². The molecule has 94 valence electrons. The van der Waals surface area contributed by atoms with Crippen molar-refractivity contribution in [3.05, 3.63) is 54.1 Å². The van der Waals surface area contributed by atoms with Crippen molar-refractivity contribution in [3.63, 3.8) is 0 Å². The number of aromatic nitrogens is 3. The number of nitrogens with zero attached hydrogens (tertiary/aromatic N) is 2. The van der Waals surface area contributed by atoms with Crippen LogP contribution in [0.15, 0.2) is 42.9 Å². The zero-order valence-electron chi connectivity index (χ0n) is 10.3. The average molecular weight is 252 g/mol. The molecule has 5 heteroatoms. The van der Waals surface area contributed by atoms with E-state index in [1.807, 2.05) is 31.2 Å². The van der Waals surface area contributed by atoms with Gasteiger partial charge in [-0.05, 0) is 19.1 Å². The Bertz CT molecular complexity index is 743.